The highest BCUT2D eigenvalue weighted by molar-refractivity contribution is 7.89. The first-order valence-corrected chi connectivity index (χ1v) is 14.0. The molecule has 200 valence electrons. The van der Waals surface area contributed by atoms with Gasteiger partial charge in [0.2, 0.25) is 15.9 Å². The van der Waals surface area contributed by atoms with Crippen molar-refractivity contribution in [2.45, 2.75) is 30.9 Å². The minimum Gasteiger partial charge on any atom is -0.472 e. The number of aromatic nitrogens is 1. The third kappa shape index (κ3) is 6.12. The zero-order chi connectivity index (χ0) is 27.3. The predicted octanol–water partition coefficient (Wildman–Crippen LogP) is 3.79. The van der Waals surface area contributed by atoms with Crippen molar-refractivity contribution in [2.24, 2.45) is 5.92 Å². The highest BCUT2D eigenvalue weighted by Crippen LogP contribution is 2.28. The summed E-state index contributed by atoms with van der Waals surface area (Å²) in [5, 5.41) is 9.87. The molecule has 1 amide bonds. The topological polar surface area (TPSA) is 100 Å². The fourth-order valence-corrected chi connectivity index (χ4v) is 5.51. The van der Waals surface area contributed by atoms with Crippen LogP contribution in [0.15, 0.2) is 77.8 Å². The normalized spacial score (nSPS) is 19.1. The van der Waals surface area contributed by atoms with Crippen LogP contribution in [-0.4, -0.2) is 72.5 Å². The molecule has 1 aliphatic rings. The SMILES string of the molecule is C[C@H]1CN([C@@H](C)CO)C(=O)c2cc(/C=C/c3ccccc3)cnc2O[C@@H]1CN(C)S(=O)(=O)c1ccccc1. The van der Waals surface area contributed by atoms with Crippen molar-refractivity contribution in [2.75, 3.05) is 26.7 Å². The number of pyridine rings is 1. The summed E-state index contributed by atoms with van der Waals surface area (Å²) in [7, 11) is -2.23. The van der Waals surface area contributed by atoms with Crippen molar-refractivity contribution >= 4 is 28.1 Å². The zero-order valence-electron chi connectivity index (χ0n) is 21.8. The molecule has 1 aromatic heterocycles. The minimum absolute atomic E-state index is 0.0602. The average molecular weight is 536 g/mol. The quantitative estimate of drug-likeness (QED) is 0.471. The summed E-state index contributed by atoms with van der Waals surface area (Å²) >= 11 is 0. The van der Waals surface area contributed by atoms with Gasteiger partial charge in [-0.1, -0.05) is 67.6 Å². The van der Waals surface area contributed by atoms with Crippen LogP contribution in [0.1, 0.15) is 35.3 Å². The molecule has 0 radical (unpaired) electrons. The van der Waals surface area contributed by atoms with E-state index in [4.69, 9.17) is 4.74 Å². The maximum absolute atomic E-state index is 13.6. The first kappa shape index (κ1) is 27.5. The van der Waals surface area contributed by atoms with Gasteiger partial charge in [0.1, 0.15) is 11.7 Å². The molecule has 38 heavy (non-hydrogen) atoms. The maximum atomic E-state index is 13.6. The third-order valence-electron chi connectivity index (χ3n) is 6.70. The summed E-state index contributed by atoms with van der Waals surface area (Å²) in [5.74, 6) is -0.391. The Morgan fingerprint density at radius 2 is 1.74 bits per heavy atom. The summed E-state index contributed by atoms with van der Waals surface area (Å²) in [6.07, 6.45) is 4.84. The number of fused-ring (bicyclic) bond motifs is 1. The van der Waals surface area contributed by atoms with Gasteiger partial charge in [0, 0.05) is 25.7 Å². The fourth-order valence-electron chi connectivity index (χ4n) is 4.31. The number of benzene rings is 2. The molecule has 0 saturated heterocycles. The fraction of sp³-hybridized carbons (Fsp3) is 0.310. The zero-order valence-corrected chi connectivity index (χ0v) is 22.6. The Hall–Kier alpha value is -3.53. The lowest BCUT2D eigenvalue weighted by atomic mass is 10.00. The lowest BCUT2D eigenvalue weighted by molar-refractivity contribution is 0.0373. The van der Waals surface area contributed by atoms with E-state index in [0.717, 1.165) is 11.1 Å². The number of carbonyl (C=O) groups is 1. The second-order valence-electron chi connectivity index (χ2n) is 9.59. The van der Waals surface area contributed by atoms with Crippen molar-refractivity contribution in [3.8, 4) is 5.88 Å². The molecule has 0 saturated carbocycles. The van der Waals surface area contributed by atoms with E-state index < -0.39 is 22.2 Å². The molecular weight excluding hydrogens is 502 g/mol. The number of nitrogens with zero attached hydrogens (tertiary/aromatic N) is 3. The Balaban J connectivity index is 1.67. The van der Waals surface area contributed by atoms with Crippen LogP contribution in [0.5, 0.6) is 5.88 Å². The van der Waals surface area contributed by atoms with E-state index in [1.807, 2.05) is 49.4 Å². The molecule has 3 aromatic rings. The number of amides is 1. The molecule has 3 atom stereocenters. The molecular formula is C29H33N3O5S. The van der Waals surface area contributed by atoms with E-state index in [1.54, 1.807) is 54.4 Å². The highest BCUT2D eigenvalue weighted by atomic mass is 32.2. The van der Waals surface area contributed by atoms with Crippen molar-refractivity contribution in [1.29, 1.82) is 0 Å². The predicted molar refractivity (Wildman–Crippen MR) is 147 cm³/mol. The first-order chi connectivity index (χ1) is 18.2. The second-order valence-corrected chi connectivity index (χ2v) is 11.6. The third-order valence-corrected chi connectivity index (χ3v) is 8.54. The number of rotatable bonds is 8. The Bertz CT molecular complexity index is 1380. The van der Waals surface area contributed by atoms with Crippen LogP contribution >= 0.6 is 0 Å². The van der Waals surface area contributed by atoms with Gasteiger partial charge < -0.3 is 14.7 Å². The molecule has 0 unspecified atom stereocenters. The van der Waals surface area contributed by atoms with Crippen LogP contribution in [0.25, 0.3) is 12.2 Å². The number of likely N-dealkylation sites (N-methyl/N-ethyl adjacent to an activating group) is 1. The van der Waals surface area contributed by atoms with Gasteiger partial charge in [0.15, 0.2) is 0 Å². The molecule has 4 rings (SSSR count). The molecule has 0 bridgehead atoms. The van der Waals surface area contributed by atoms with Crippen LogP contribution in [0, 0.1) is 5.92 Å². The van der Waals surface area contributed by atoms with Crippen LogP contribution in [0.4, 0.5) is 0 Å². The number of aliphatic hydroxyl groups is 1. The van der Waals surface area contributed by atoms with Crippen molar-refractivity contribution < 1.29 is 23.1 Å². The van der Waals surface area contributed by atoms with Crippen molar-refractivity contribution in [3.05, 3.63) is 89.6 Å². The van der Waals surface area contributed by atoms with Crippen molar-refractivity contribution in [3.63, 3.8) is 0 Å². The molecule has 1 aliphatic heterocycles. The summed E-state index contributed by atoms with van der Waals surface area (Å²) in [6.45, 7) is 3.82. The van der Waals surface area contributed by atoms with E-state index in [0.29, 0.717) is 0 Å². The number of carbonyl (C=O) groups excluding carboxylic acids is 1. The van der Waals surface area contributed by atoms with Crippen molar-refractivity contribution in [1.82, 2.24) is 14.2 Å². The van der Waals surface area contributed by atoms with Gasteiger partial charge in [-0.15, -0.1) is 0 Å². The number of hydrogen-bond acceptors (Lipinski definition) is 6. The van der Waals surface area contributed by atoms with E-state index in [1.165, 1.54) is 11.4 Å². The van der Waals surface area contributed by atoms with Gasteiger partial charge in [-0.2, -0.15) is 4.31 Å². The summed E-state index contributed by atoms with van der Waals surface area (Å²) in [4.78, 5) is 19.9. The highest BCUT2D eigenvalue weighted by Gasteiger charge is 2.35. The van der Waals surface area contributed by atoms with E-state index in [2.05, 4.69) is 4.98 Å². The number of aliphatic hydroxyl groups excluding tert-OH is 1. The average Bonchev–Trinajstić information content (AvgIpc) is 2.94. The van der Waals surface area contributed by atoms with E-state index in [9.17, 15) is 18.3 Å². The van der Waals surface area contributed by atoms with Crippen LogP contribution in [0.2, 0.25) is 0 Å². The Labute approximate surface area is 224 Å². The number of hydrogen-bond donors (Lipinski definition) is 1. The molecule has 9 heteroatoms. The molecule has 1 N–H and O–H groups in total. The second kappa shape index (κ2) is 11.9. The monoisotopic (exact) mass is 535 g/mol. The Kier molecular flexibility index (Phi) is 8.61. The van der Waals surface area contributed by atoms with Crippen LogP contribution in [0.3, 0.4) is 0 Å². The van der Waals surface area contributed by atoms with Gasteiger partial charge in [0.25, 0.3) is 5.91 Å². The molecule has 2 aromatic carbocycles. The summed E-state index contributed by atoms with van der Waals surface area (Å²) in [5.41, 5.74) is 2.00. The standard InChI is InChI=1S/C29H33N3O5S/c1-21-18-32(22(2)20-33)29(34)26-16-24(15-14-23-10-6-4-7-11-23)17-30-28(26)37-27(21)19-31(3)38(35,36)25-12-8-5-9-13-25/h4-17,21-22,27,33H,18-20H2,1-3H3/b15-14+/t21-,22-,27+/m0/s1. The molecule has 0 spiro atoms. The summed E-state index contributed by atoms with van der Waals surface area (Å²) in [6, 6.07) is 19.3. The molecule has 2 heterocycles. The largest absolute Gasteiger partial charge is 0.472 e. The maximum Gasteiger partial charge on any atom is 0.259 e. The van der Waals surface area contributed by atoms with Gasteiger partial charge >= 0.3 is 0 Å². The van der Waals surface area contributed by atoms with E-state index in [-0.39, 0.29) is 47.9 Å². The van der Waals surface area contributed by atoms with Gasteiger partial charge in [-0.3, -0.25) is 4.79 Å². The van der Waals surface area contributed by atoms with Crippen LogP contribution in [-0.2, 0) is 10.0 Å². The lowest BCUT2D eigenvalue weighted by Gasteiger charge is -2.37. The minimum atomic E-state index is -3.74. The van der Waals surface area contributed by atoms with Gasteiger partial charge in [-0.05, 0) is 36.2 Å². The van der Waals surface area contributed by atoms with Crippen LogP contribution < -0.4 is 4.74 Å². The first-order valence-electron chi connectivity index (χ1n) is 12.5. The molecule has 0 aliphatic carbocycles. The van der Waals surface area contributed by atoms with E-state index >= 15 is 0 Å². The molecule has 0 fully saturated rings. The van der Waals surface area contributed by atoms with Gasteiger partial charge in [-0.25, -0.2) is 13.4 Å². The summed E-state index contributed by atoms with van der Waals surface area (Å²) < 4.78 is 33.8. The lowest BCUT2D eigenvalue weighted by Crippen LogP contribution is -2.50. The molecule has 8 nitrogen and oxygen atoms in total. The number of sulfonamides is 1. The Morgan fingerprint density at radius 3 is 2.39 bits per heavy atom. The number of ether oxygens (including phenoxy) is 1. The Morgan fingerprint density at radius 1 is 1.11 bits per heavy atom. The smallest absolute Gasteiger partial charge is 0.259 e. The van der Waals surface area contributed by atoms with Gasteiger partial charge in [0.05, 0.1) is 24.1 Å².